The predicted molar refractivity (Wildman–Crippen MR) is 67.8 cm³/mol. The second-order valence-corrected chi connectivity index (χ2v) is 4.16. The van der Waals surface area contributed by atoms with E-state index in [4.69, 9.17) is 0 Å². The van der Waals surface area contributed by atoms with Crippen LogP contribution in [-0.4, -0.2) is 0 Å². The van der Waals surface area contributed by atoms with Crippen molar-refractivity contribution < 1.29 is 0 Å². The van der Waals surface area contributed by atoms with Crippen LogP contribution in [0.5, 0.6) is 0 Å². The number of hydrogen-bond acceptors (Lipinski definition) is 1. The minimum Gasteiger partial charge on any atom is -0.324 e. The van der Waals surface area contributed by atoms with Gasteiger partial charge in [-0.05, 0) is 39.8 Å². The molecule has 0 aromatic heterocycles. The fraction of sp³-hybridized carbons (Fsp3) is 0.286. The molecular formula is C14H19N. The highest BCUT2D eigenvalue weighted by molar-refractivity contribution is 5.52. The number of anilines is 1. The smallest absolute Gasteiger partial charge is 0.0449 e. The molecule has 0 spiro atoms. The van der Waals surface area contributed by atoms with Crippen LogP contribution < -0.4 is 4.90 Å². The van der Waals surface area contributed by atoms with Crippen LogP contribution in [0.15, 0.2) is 53.9 Å². The molecule has 1 aromatic rings. The molecular weight excluding hydrogens is 182 g/mol. The van der Waals surface area contributed by atoms with Gasteiger partial charge in [0.15, 0.2) is 0 Å². The van der Waals surface area contributed by atoms with Crippen LogP contribution in [0.25, 0.3) is 0 Å². The molecule has 0 radical (unpaired) electrons. The Morgan fingerprint density at radius 3 is 1.73 bits per heavy atom. The lowest BCUT2D eigenvalue weighted by atomic mass is 10.2. The van der Waals surface area contributed by atoms with E-state index in [1.54, 1.807) is 0 Å². The predicted octanol–water partition coefficient (Wildman–Crippen LogP) is 4.34. The lowest BCUT2D eigenvalue weighted by Crippen LogP contribution is -2.08. The molecule has 1 aromatic carbocycles. The fourth-order valence-electron chi connectivity index (χ4n) is 1.34. The summed E-state index contributed by atoms with van der Waals surface area (Å²) in [6.45, 7) is 8.42. The zero-order valence-electron chi connectivity index (χ0n) is 9.99. The molecule has 0 aliphatic rings. The first kappa shape index (κ1) is 11.6. The molecule has 0 bridgehead atoms. The molecule has 15 heavy (non-hydrogen) atoms. The summed E-state index contributed by atoms with van der Waals surface area (Å²) in [5.74, 6) is 0. The summed E-state index contributed by atoms with van der Waals surface area (Å²) in [7, 11) is 0. The fourth-order valence-corrected chi connectivity index (χ4v) is 1.34. The highest BCUT2D eigenvalue weighted by Crippen LogP contribution is 2.16. The van der Waals surface area contributed by atoms with Crippen molar-refractivity contribution in [1.29, 1.82) is 0 Å². The van der Waals surface area contributed by atoms with Gasteiger partial charge in [0.2, 0.25) is 0 Å². The molecule has 0 unspecified atom stereocenters. The van der Waals surface area contributed by atoms with E-state index in [2.05, 4.69) is 69.3 Å². The third-order valence-electron chi connectivity index (χ3n) is 1.85. The number of rotatable bonds is 3. The van der Waals surface area contributed by atoms with Crippen molar-refractivity contribution in [3.05, 3.63) is 53.9 Å². The average Bonchev–Trinajstić information content (AvgIpc) is 2.17. The molecule has 0 N–H and O–H groups in total. The SMILES string of the molecule is CC(C)=CN(C=C(C)C)c1ccccc1. The summed E-state index contributed by atoms with van der Waals surface area (Å²) < 4.78 is 0. The Morgan fingerprint density at radius 2 is 1.33 bits per heavy atom. The van der Waals surface area contributed by atoms with Crippen molar-refractivity contribution in [3.8, 4) is 0 Å². The van der Waals surface area contributed by atoms with E-state index in [0.717, 1.165) is 0 Å². The normalized spacial score (nSPS) is 9.33. The van der Waals surface area contributed by atoms with Gasteiger partial charge in [0.25, 0.3) is 0 Å². The Morgan fingerprint density at radius 1 is 0.867 bits per heavy atom. The largest absolute Gasteiger partial charge is 0.324 e. The van der Waals surface area contributed by atoms with Gasteiger partial charge in [0.1, 0.15) is 0 Å². The van der Waals surface area contributed by atoms with E-state index in [9.17, 15) is 0 Å². The Bertz CT molecular complexity index is 334. The second-order valence-electron chi connectivity index (χ2n) is 4.16. The van der Waals surface area contributed by atoms with Crippen LogP contribution in [-0.2, 0) is 0 Å². The first-order valence-corrected chi connectivity index (χ1v) is 5.23. The van der Waals surface area contributed by atoms with Gasteiger partial charge in [-0.15, -0.1) is 0 Å². The van der Waals surface area contributed by atoms with Crippen molar-refractivity contribution in [2.24, 2.45) is 0 Å². The maximum atomic E-state index is 2.16. The Balaban J connectivity index is 3.02. The molecule has 0 fully saturated rings. The van der Waals surface area contributed by atoms with Crippen molar-refractivity contribution in [2.45, 2.75) is 27.7 Å². The van der Waals surface area contributed by atoms with Crippen LogP contribution in [0.2, 0.25) is 0 Å². The lowest BCUT2D eigenvalue weighted by Gasteiger charge is -2.17. The first-order valence-electron chi connectivity index (χ1n) is 5.23. The summed E-state index contributed by atoms with van der Waals surface area (Å²) in [6, 6.07) is 10.4. The highest BCUT2D eigenvalue weighted by atomic mass is 15.1. The maximum Gasteiger partial charge on any atom is 0.0449 e. The molecule has 0 aliphatic carbocycles. The maximum absolute atomic E-state index is 2.16. The quantitative estimate of drug-likeness (QED) is 0.703. The summed E-state index contributed by atoms with van der Waals surface area (Å²) in [5.41, 5.74) is 3.77. The third kappa shape index (κ3) is 4.03. The molecule has 0 atom stereocenters. The van der Waals surface area contributed by atoms with Crippen molar-refractivity contribution in [1.82, 2.24) is 0 Å². The second kappa shape index (κ2) is 5.40. The molecule has 1 rings (SSSR count). The standard InChI is InChI=1S/C14H19N/c1-12(2)10-15(11-13(3)4)14-8-6-5-7-9-14/h5-11H,1-4H3. The van der Waals surface area contributed by atoms with Crippen molar-refractivity contribution in [2.75, 3.05) is 4.90 Å². The van der Waals surface area contributed by atoms with Gasteiger partial charge >= 0.3 is 0 Å². The Labute approximate surface area is 92.7 Å². The number of para-hydroxylation sites is 1. The number of allylic oxidation sites excluding steroid dienone is 2. The molecule has 1 nitrogen and oxygen atoms in total. The van der Waals surface area contributed by atoms with E-state index in [-0.39, 0.29) is 0 Å². The zero-order chi connectivity index (χ0) is 11.3. The van der Waals surface area contributed by atoms with Gasteiger partial charge in [0, 0.05) is 18.1 Å². The molecule has 0 aliphatic heterocycles. The monoisotopic (exact) mass is 201 g/mol. The summed E-state index contributed by atoms with van der Waals surface area (Å²) in [6.07, 6.45) is 4.28. The molecule has 0 saturated heterocycles. The third-order valence-corrected chi connectivity index (χ3v) is 1.85. The molecule has 0 saturated carbocycles. The minimum absolute atomic E-state index is 1.19. The van der Waals surface area contributed by atoms with E-state index in [1.165, 1.54) is 16.8 Å². The van der Waals surface area contributed by atoms with Crippen LogP contribution in [0.1, 0.15) is 27.7 Å². The van der Waals surface area contributed by atoms with Gasteiger partial charge in [-0.1, -0.05) is 29.3 Å². The number of benzene rings is 1. The van der Waals surface area contributed by atoms with Gasteiger partial charge in [-0.3, -0.25) is 0 Å². The number of nitrogens with zero attached hydrogens (tertiary/aromatic N) is 1. The highest BCUT2D eigenvalue weighted by Gasteiger charge is 1.98. The van der Waals surface area contributed by atoms with E-state index in [1.807, 2.05) is 6.07 Å². The molecule has 0 heterocycles. The van der Waals surface area contributed by atoms with E-state index in [0.29, 0.717) is 0 Å². The molecule has 0 amide bonds. The van der Waals surface area contributed by atoms with Gasteiger partial charge in [0.05, 0.1) is 0 Å². The first-order chi connectivity index (χ1) is 7.09. The number of hydrogen-bond donors (Lipinski definition) is 0. The van der Waals surface area contributed by atoms with Gasteiger partial charge < -0.3 is 4.90 Å². The topological polar surface area (TPSA) is 3.24 Å². The summed E-state index contributed by atoms with van der Waals surface area (Å²) in [4.78, 5) is 2.16. The minimum atomic E-state index is 1.19. The molecule has 1 heteroatoms. The van der Waals surface area contributed by atoms with Crippen LogP contribution in [0.4, 0.5) is 5.69 Å². The zero-order valence-corrected chi connectivity index (χ0v) is 9.99. The van der Waals surface area contributed by atoms with Gasteiger partial charge in [-0.25, -0.2) is 0 Å². The van der Waals surface area contributed by atoms with Crippen LogP contribution >= 0.6 is 0 Å². The van der Waals surface area contributed by atoms with Crippen molar-refractivity contribution >= 4 is 5.69 Å². The van der Waals surface area contributed by atoms with Gasteiger partial charge in [-0.2, -0.15) is 0 Å². The average molecular weight is 201 g/mol. The summed E-state index contributed by atoms with van der Waals surface area (Å²) in [5, 5.41) is 0. The van der Waals surface area contributed by atoms with E-state index >= 15 is 0 Å². The van der Waals surface area contributed by atoms with Crippen LogP contribution in [0, 0.1) is 0 Å². The van der Waals surface area contributed by atoms with E-state index < -0.39 is 0 Å². The van der Waals surface area contributed by atoms with Crippen LogP contribution in [0.3, 0.4) is 0 Å². The Kier molecular flexibility index (Phi) is 4.17. The Hall–Kier alpha value is -1.50. The molecule has 80 valence electrons. The van der Waals surface area contributed by atoms with Crippen molar-refractivity contribution in [3.63, 3.8) is 0 Å². The lowest BCUT2D eigenvalue weighted by molar-refractivity contribution is 1.18. The summed E-state index contributed by atoms with van der Waals surface area (Å²) >= 11 is 0.